The van der Waals surface area contributed by atoms with E-state index >= 15 is 0 Å². The number of aromatic amines is 1. The number of carboxylic acids is 1. The normalized spacial score (nSPS) is 11.7. The van der Waals surface area contributed by atoms with Gasteiger partial charge in [0.15, 0.2) is 5.52 Å². The van der Waals surface area contributed by atoms with Crippen LogP contribution in [-0.4, -0.2) is 47.2 Å². The first-order chi connectivity index (χ1) is 15.2. The minimum Gasteiger partial charge on any atom is -0.494 e. The molecule has 166 valence electrons. The highest BCUT2D eigenvalue weighted by molar-refractivity contribution is 5.87. The summed E-state index contributed by atoms with van der Waals surface area (Å²) in [4.78, 5) is 30.3. The first-order valence-corrected chi connectivity index (χ1v) is 9.26. The molecule has 4 aromatic rings. The number of alkyl halides is 3. The number of aromatic nitrogens is 6. The highest BCUT2D eigenvalue weighted by atomic mass is 19.4. The Balaban J connectivity index is 1.44. The van der Waals surface area contributed by atoms with Gasteiger partial charge in [0.05, 0.1) is 30.1 Å². The van der Waals surface area contributed by atoms with Crippen LogP contribution in [-0.2, 0) is 12.7 Å². The van der Waals surface area contributed by atoms with Gasteiger partial charge in [0.2, 0.25) is 5.95 Å². The van der Waals surface area contributed by atoms with Crippen molar-refractivity contribution in [1.82, 2.24) is 29.5 Å². The average molecular weight is 448 g/mol. The summed E-state index contributed by atoms with van der Waals surface area (Å²) in [6.45, 7) is 0.370. The molecule has 0 aliphatic carbocycles. The van der Waals surface area contributed by atoms with Gasteiger partial charge in [0.1, 0.15) is 11.3 Å². The molecule has 0 aliphatic heterocycles. The highest BCUT2D eigenvalue weighted by Gasteiger charge is 2.30. The molecule has 0 atom stereocenters. The van der Waals surface area contributed by atoms with Gasteiger partial charge in [-0.1, -0.05) is 6.07 Å². The monoisotopic (exact) mass is 448 g/mol. The zero-order valence-electron chi connectivity index (χ0n) is 16.2. The Hall–Kier alpha value is -4.16. The summed E-state index contributed by atoms with van der Waals surface area (Å²) in [6.07, 6.45) is -0.368. The molecule has 0 unspecified atom stereocenters. The number of nitrogens with zero attached hydrogens (tertiary/aromatic N) is 5. The predicted molar refractivity (Wildman–Crippen MR) is 104 cm³/mol. The van der Waals surface area contributed by atoms with E-state index in [0.29, 0.717) is 6.42 Å². The number of hydrogen-bond donors (Lipinski definition) is 2. The van der Waals surface area contributed by atoms with Crippen molar-refractivity contribution in [2.24, 2.45) is 0 Å². The molecule has 10 nitrogen and oxygen atoms in total. The van der Waals surface area contributed by atoms with Crippen LogP contribution in [0, 0.1) is 0 Å². The number of aryl methyl sites for hydroxylation is 1. The van der Waals surface area contributed by atoms with Gasteiger partial charge in [-0.2, -0.15) is 23.4 Å². The van der Waals surface area contributed by atoms with Crippen molar-refractivity contribution in [1.29, 1.82) is 0 Å². The maximum atomic E-state index is 12.8. The number of H-pyrrole nitrogens is 1. The van der Waals surface area contributed by atoms with Crippen molar-refractivity contribution in [3.05, 3.63) is 64.3 Å². The fourth-order valence-corrected chi connectivity index (χ4v) is 2.99. The molecule has 3 heterocycles. The molecule has 0 spiro atoms. The standard InChI is InChI=1S/C19H15F3N6O4/c20-19(21,22)12-3-1-4-13(7-12)32-6-2-5-27-15-14(9-24-27)25-18(26-16(15)29)28-10-11(8-23-28)17(30)31/h1,3-4,7-10H,2,5-6H2,(H,30,31)(H,25,26,29). The van der Waals surface area contributed by atoms with E-state index in [0.717, 1.165) is 23.0 Å². The quantitative estimate of drug-likeness (QED) is 0.416. The number of rotatable bonds is 7. The predicted octanol–water partition coefficient (Wildman–Crippen LogP) is 2.49. The van der Waals surface area contributed by atoms with E-state index in [-0.39, 0.29) is 41.4 Å². The largest absolute Gasteiger partial charge is 0.494 e. The summed E-state index contributed by atoms with van der Waals surface area (Å²) >= 11 is 0. The fourth-order valence-electron chi connectivity index (χ4n) is 2.99. The molecular formula is C19H15F3N6O4. The molecule has 0 saturated carbocycles. The lowest BCUT2D eigenvalue weighted by molar-refractivity contribution is -0.137. The molecule has 0 amide bonds. The van der Waals surface area contributed by atoms with Crippen molar-refractivity contribution < 1.29 is 27.8 Å². The molecule has 32 heavy (non-hydrogen) atoms. The first-order valence-electron chi connectivity index (χ1n) is 9.26. The summed E-state index contributed by atoms with van der Waals surface area (Å²) in [6, 6.07) is 4.58. The highest BCUT2D eigenvalue weighted by Crippen LogP contribution is 2.31. The minimum atomic E-state index is -4.45. The second kappa shape index (κ2) is 8.17. The minimum absolute atomic E-state index is 0.0300. The number of nitrogens with one attached hydrogen (secondary N) is 1. The number of aromatic carboxylic acids is 1. The third-order valence-corrected chi connectivity index (χ3v) is 4.48. The number of fused-ring (bicyclic) bond motifs is 1. The van der Waals surface area contributed by atoms with Crippen LogP contribution in [0.5, 0.6) is 5.75 Å². The first kappa shape index (κ1) is 21.1. The molecule has 3 aromatic heterocycles. The van der Waals surface area contributed by atoms with Crippen molar-refractivity contribution >= 4 is 17.0 Å². The number of halogens is 3. The zero-order valence-corrected chi connectivity index (χ0v) is 16.2. The van der Waals surface area contributed by atoms with E-state index < -0.39 is 23.3 Å². The Kier molecular flexibility index (Phi) is 5.38. The van der Waals surface area contributed by atoms with Gasteiger partial charge in [-0.05, 0) is 18.2 Å². The topological polar surface area (TPSA) is 128 Å². The summed E-state index contributed by atoms with van der Waals surface area (Å²) < 4.78 is 46.2. The molecule has 0 radical (unpaired) electrons. The summed E-state index contributed by atoms with van der Waals surface area (Å²) in [5, 5.41) is 17.0. The third kappa shape index (κ3) is 4.31. The number of hydrogen-bond acceptors (Lipinski definition) is 6. The van der Waals surface area contributed by atoms with E-state index in [4.69, 9.17) is 9.84 Å². The summed E-state index contributed by atoms with van der Waals surface area (Å²) in [5.74, 6) is -1.04. The number of carboxylic acid groups (broad SMARTS) is 1. The van der Waals surface area contributed by atoms with E-state index in [1.54, 1.807) is 0 Å². The molecule has 13 heteroatoms. The van der Waals surface area contributed by atoms with Gasteiger partial charge >= 0.3 is 12.1 Å². The number of benzene rings is 1. The van der Waals surface area contributed by atoms with Crippen molar-refractivity contribution in [3.8, 4) is 11.7 Å². The molecule has 0 fully saturated rings. The van der Waals surface area contributed by atoms with Gasteiger partial charge in [-0.15, -0.1) is 0 Å². The van der Waals surface area contributed by atoms with Gasteiger partial charge in [0, 0.05) is 19.2 Å². The van der Waals surface area contributed by atoms with Gasteiger partial charge in [0.25, 0.3) is 5.56 Å². The average Bonchev–Trinajstić information content (AvgIpc) is 3.39. The molecule has 4 rings (SSSR count). The van der Waals surface area contributed by atoms with Crippen LogP contribution in [0.15, 0.2) is 47.7 Å². The van der Waals surface area contributed by atoms with Crippen LogP contribution in [0.25, 0.3) is 17.0 Å². The van der Waals surface area contributed by atoms with Crippen LogP contribution >= 0.6 is 0 Å². The second-order valence-corrected chi connectivity index (χ2v) is 6.70. The molecular weight excluding hydrogens is 433 g/mol. The molecule has 1 aromatic carbocycles. The lowest BCUT2D eigenvalue weighted by atomic mass is 10.2. The van der Waals surface area contributed by atoms with Gasteiger partial charge in [-0.3, -0.25) is 14.5 Å². The Bertz CT molecular complexity index is 1340. The van der Waals surface area contributed by atoms with Crippen LogP contribution in [0.3, 0.4) is 0 Å². The Labute approximate surface area is 176 Å². The van der Waals surface area contributed by atoms with Crippen LogP contribution in [0.4, 0.5) is 13.2 Å². The molecule has 2 N–H and O–H groups in total. The van der Waals surface area contributed by atoms with Gasteiger partial charge < -0.3 is 9.84 Å². The smallest absolute Gasteiger partial charge is 0.416 e. The second-order valence-electron chi connectivity index (χ2n) is 6.70. The zero-order chi connectivity index (χ0) is 22.9. The van der Waals surface area contributed by atoms with Crippen molar-refractivity contribution in [2.75, 3.05) is 6.61 Å². The van der Waals surface area contributed by atoms with E-state index in [2.05, 4.69) is 20.2 Å². The van der Waals surface area contributed by atoms with Gasteiger partial charge in [-0.25, -0.2) is 14.5 Å². The van der Waals surface area contributed by atoms with Crippen molar-refractivity contribution in [3.63, 3.8) is 0 Å². The SMILES string of the molecule is O=C(O)c1cnn(-c2nc3cnn(CCCOc4cccc(C(F)(F)F)c4)c3c(=O)[nH]2)c1. The third-order valence-electron chi connectivity index (χ3n) is 4.48. The maximum Gasteiger partial charge on any atom is 0.416 e. The number of ether oxygens (including phenoxy) is 1. The molecule has 0 bridgehead atoms. The summed E-state index contributed by atoms with van der Waals surface area (Å²) in [5.41, 5.74) is -0.902. The Morgan fingerprint density at radius 1 is 1.22 bits per heavy atom. The lowest BCUT2D eigenvalue weighted by Crippen LogP contribution is -2.17. The maximum absolute atomic E-state index is 12.8. The summed E-state index contributed by atoms with van der Waals surface area (Å²) in [7, 11) is 0. The Morgan fingerprint density at radius 2 is 2.03 bits per heavy atom. The lowest BCUT2D eigenvalue weighted by Gasteiger charge is -2.10. The van der Waals surface area contributed by atoms with Crippen molar-refractivity contribution in [2.45, 2.75) is 19.1 Å². The van der Waals surface area contributed by atoms with Crippen LogP contribution in [0.1, 0.15) is 22.3 Å². The fraction of sp³-hybridized carbons (Fsp3) is 0.211. The Morgan fingerprint density at radius 3 is 2.75 bits per heavy atom. The van der Waals surface area contributed by atoms with E-state index in [9.17, 15) is 22.8 Å². The van der Waals surface area contributed by atoms with Crippen LogP contribution < -0.4 is 10.3 Å². The number of carbonyl (C=O) groups is 1. The molecule has 0 aliphatic rings. The van der Waals surface area contributed by atoms with Crippen LogP contribution in [0.2, 0.25) is 0 Å². The molecule has 0 saturated heterocycles. The van der Waals surface area contributed by atoms with E-state index in [1.165, 1.54) is 29.2 Å². The van der Waals surface area contributed by atoms with E-state index in [1.807, 2.05) is 0 Å².